The number of nitrogens with zero attached hydrogens (tertiary/aromatic N) is 2. The maximum atomic E-state index is 13.2. The van der Waals surface area contributed by atoms with Crippen LogP contribution in [0.1, 0.15) is 50.7 Å². The molecule has 1 unspecified atom stereocenters. The number of allylic oxidation sites excluding steroid dienone is 2. The normalized spacial score (nSPS) is 19.7. The van der Waals surface area contributed by atoms with E-state index in [0.29, 0.717) is 40.5 Å². The number of hydrogen-bond donors (Lipinski definition) is 2. The highest BCUT2D eigenvalue weighted by molar-refractivity contribution is 7.99. The zero-order chi connectivity index (χ0) is 21.6. The lowest BCUT2D eigenvalue weighted by Gasteiger charge is -2.38. The van der Waals surface area contributed by atoms with Gasteiger partial charge in [0.2, 0.25) is 0 Å². The molecule has 4 rings (SSSR count). The van der Waals surface area contributed by atoms with Crippen molar-refractivity contribution >= 4 is 29.1 Å². The van der Waals surface area contributed by atoms with Crippen molar-refractivity contribution in [3.8, 4) is 0 Å². The number of thioether (sulfide) groups is 1. The number of hydrogen-bond acceptors (Lipinski definition) is 7. The fraction of sp³-hybridized carbons (Fsp3) is 0.381. The van der Waals surface area contributed by atoms with Crippen molar-refractivity contribution in [3.05, 3.63) is 67.1 Å². The summed E-state index contributed by atoms with van der Waals surface area (Å²) in [5.41, 5.74) is 1.45. The lowest BCUT2D eigenvalue weighted by molar-refractivity contribution is -0.384. The summed E-state index contributed by atoms with van der Waals surface area (Å²) in [6.07, 6.45) is 0.979. The number of fused-ring (bicyclic) bond motifs is 1. The molecule has 0 fully saturated rings. The van der Waals surface area contributed by atoms with Gasteiger partial charge in [-0.2, -0.15) is 0 Å². The zero-order valence-corrected chi connectivity index (χ0v) is 17.8. The Bertz CT molecular complexity index is 1150. The number of non-ortho nitro benzene ring substituents is 1. The van der Waals surface area contributed by atoms with Gasteiger partial charge in [0, 0.05) is 35.7 Å². The summed E-state index contributed by atoms with van der Waals surface area (Å²) >= 11 is 1.42. The molecule has 0 saturated heterocycles. The highest BCUT2D eigenvalue weighted by Crippen LogP contribution is 2.47. The van der Waals surface area contributed by atoms with E-state index in [1.807, 2.05) is 20.8 Å². The first-order chi connectivity index (χ1) is 14.2. The van der Waals surface area contributed by atoms with Crippen molar-refractivity contribution in [3.63, 3.8) is 0 Å². The third-order valence-electron chi connectivity index (χ3n) is 5.40. The Morgan fingerprint density at radius 3 is 2.77 bits per heavy atom. The topological polar surface area (TPSA) is 118 Å². The Morgan fingerprint density at radius 2 is 2.07 bits per heavy atom. The second kappa shape index (κ2) is 7.39. The summed E-state index contributed by atoms with van der Waals surface area (Å²) in [6, 6.07) is 6.13. The molecule has 0 radical (unpaired) electrons. The molecule has 2 aliphatic rings. The van der Waals surface area contributed by atoms with Gasteiger partial charge < -0.3 is 10.3 Å². The highest BCUT2D eigenvalue weighted by atomic mass is 32.2. The lowest BCUT2D eigenvalue weighted by atomic mass is 9.69. The van der Waals surface area contributed by atoms with Gasteiger partial charge in [-0.15, -0.1) is 0 Å². The van der Waals surface area contributed by atoms with Gasteiger partial charge in [0.15, 0.2) is 10.9 Å². The van der Waals surface area contributed by atoms with Crippen LogP contribution in [0.5, 0.6) is 0 Å². The number of aromatic nitrogens is 2. The lowest BCUT2D eigenvalue weighted by Crippen LogP contribution is -2.37. The van der Waals surface area contributed by atoms with E-state index in [1.165, 1.54) is 23.9 Å². The fourth-order valence-corrected chi connectivity index (χ4v) is 4.84. The quantitative estimate of drug-likeness (QED) is 0.328. The average Bonchev–Trinajstić information content (AvgIpc) is 2.65. The van der Waals surface area contributed by atoms with Crippen molar-refractivity contribution in [2.45, 2.75) is 44.7 Å². The van der Waals surface area contributed by atoms with Gasteiger partial charge in [0.25, 0.3) is 11.2 Å². The van der Waals surface area contributed by atoms with Crippen LogP contribution < -0.4 is 10.9 Å². The predicted octanol–water partition coefficient (Wildman–Crippen LogP) is 3.99. The Labute approximate surface area is 177 Å². The van der Waals surface area contributed by atoms with Gasteiger partial charge in [0.05, 0.1) is 10.5 Å². The summed E-state index contributed by atoms with van der Waals surface area (Å²) in [6.45, 7) is 6.02. The van der Waals surface area contributed by atoms with E-state index in [4.69, 9.17) is 0 Å². The summed E-state index contributed by atoms with van der Waals surface area (Å²) in [5.74, 6) is 0.407. The monoisotopic (exact) mass is 426 g/mol. The number of ketones is 1. The van der Waals surface area contributed by atoms with Crippen LogP contribution in [-0.4, -0.2) is 26.4 Å². The molecule has 156 valence electrons. The number of nitro benzene ring substituents is 1. The van der Waals surface area contributed by atoms with Crippen LogP contribution in [0.2, 0.25) is 0 Å². The Hall–Kier alpha value is -2.94. The molecule has 0 amide bonds. The smallest absolute Gasteiger partial charge is 0.269 e. The number of H-pyrrole nitrogens is 1. The molecule has 2 heterocycles. The van der Waals surface area contributed by atoms with Crippen molar-refractivity contribution in [2.24, 2.45) is 5.41 Å². The van der Waals surface area contributed by atoms with Gasteiger partial charge in [-0.25, -0.2) is 4.98 Å². The molecule has 1 atom stereocenters. The minimum atomic E-state index is -0.698. The Kier molecular flexibility index (Phi) is 5.01. The molecule has 1 aromatic heterocycles. The number of carbonyl (C=O) groups excluding carboxylic acids is 1. The second-order valence-corrected chi connectivity index (χ2v) is 9.56. The number of nitrogens with one attached hydrogen (secondary N) is 2. The fourth-order valence-electron chi connectivity index (χ4n) is 4.25. The first kappa shape index (κ1) is 20.3. The van der Waals surface area contributed by atoms with Gasteiger partial charge in [-0.3, -0.25) is 19.7 Å². The first-order valence-electron chi connectivity index (χ1n) is 9.75. The van der Waals surface area contributed by atoms with Crippen LogP contribution in [0.15, 0.2) is 45.5 Å². The van der Waals surface area contributed by atoms with Gasteiger partial charge in [0.1, 0.15) is 5.82 Å². The van der Waals surface area contributed by atoms with E-state index < -0.39 is 10.8 Å². The van der Waals surface area contributed by atoms with Crippen LogP contribution in [0, 0.1) is 15.5 Å². The molecule has 2 N–H and O–H groups in total. The van der Waals surface area contributed by atoms with Crippen LogP contribution in [0.3, 0.4) is 0 Å². The standard InChI is InChI=1S/C21H22N4O4S/c1-4-30-20-23-18-17(19(27)24-20)15(11-6-5-7-12(8-11)25(28)29)16-13(22-18)9-21(2,3)10-14(16)26/h5-8,15H,4,9-10H2,1-3H3,(H2,22,23,24,27). The van der Waals surface area contributed by atoms with Gasteiger partial charge in [-0.1, -0.05) is 44.7 Å². The van der Waals surface area contributed by atoms with Crippen molar-refractivity contribution in [1.29, 1.82) is 0 Å². The van der Waals surface area contributed by atoms with Crippen molar-refractivity contribution in [2.75, 3.05) is 11.1 Å². The van der Waals surface area contributed by atoms with Crippen molar-refractivity contribution in [1.82, 2.24) is 9.97 Å². The molecule has 0 spiro atoms. The second-order valence-electron chi connectivity index (χ2n) is 8.31. The number of rotatable bonds is 4. The van der Waals surface area contributed by atoms with E-state index in [2.05, 4.69) is 15.3 Å². The molecule has 9 heteroatoms. The highest BCUT2D eigenvalue weighted by Gasteiger charge is 2.42. The molecule has 30 heavy (non-hydrogen) atoms. The number of aromatic amines is 1. The van der Waals surface area contributed by atoms with E-state index in [9.17, 15) is 19.7 Å². The maximum Gasteiger partial charge on any atom is 0.269 e. The summed E-state index contributed by atoms with van der Waals surface area (Å²) in [4.78, 5) is 44.4. The SMILES string of the molecule is CCSc1nc2c(c(=O)[nH]1)C(c1cccc([N+](=O)[O-])c1)C1=C(CC(C)(C)CC1=O)N2. The summed E-state index contributed by atoms with van der Waals surface area (Å²) in [7, 11) is 0. The van der Waals surface area contributed by atoms with Gasteiger partial charge in [-0.05, 0) is 23.2 Å². The minimum Gasteiger partial charge on any atom is -0.343 e. The summed E-state index contributed by atoms with van der Waals surface area (Å²) < 4.78 is 0. The van der Waals surface area contributed by atoms with Crippen LogP contribution >= 0.6 is 11.8 Å². The van der Waals surface area contributed by atoms with E-state index in [1.54, 1.807) is 12.1 Å². The number of carbonyl (C=O) groups is 1. The largest absolute Gasteiger partial charge is 0.343 e. The number of benzene rings is 1. The van der Waals surface area contributed by atoms with E-state index in [0.717, 1.165) is 11.4 Å². The molecule has 8 nitrogen and oxygen atoms in total. The van der Waals surface area contributed by atoms with E-state index >= 15 is 0 Å². The van der Waals surface area contributed by atoms with Crippen LogP contribution in [0.4, 0.5) is 11.5 Å². The molecular formula is C21H22N4O4S. The summed E-state index contributed by atoms with van der Waals surface area (Å²) in [5, 5.41) is 15.1. The van der Waals surface area contributed by atoms with E-state index in [-0.39, 0.29) is 22.4 Å². The molecule has 0 bridgehead atoms. The molecular weight excluding hydrogens is 404 g/mol. The number of anilines is 1. The minimum absolute atomic E-state index is 0.0534. The maximum absolute atomic E-state index is 13.2. The van der Waals surface area contributed by atoms with Crippen LogP contribution in [0.25, 0.3) is 0 Å². The molecule has 1 aromatic carbocycles. The molecule has 1 aliphatic heterocycles. The third-order valence-corrected chi connectivity index (χ3v) is 6.15. The molecule has 1 aliphatic carbocycles. The number of nitro groups is 1. The molecule has 0 saturated carbocycles. The van der Waals surface area contributed by atoms with Gasteiger partial charge >= 0.3 is 0 Å². The Balaban J connectivity index is 1.97. The zero-order valence-electron chi connectivity index (χ0n) is 16.9. The predicted molar refractivity (Wildman–Crippen MR) is 115 cm³/mol. The Morgan fingerprint density at radius 1 is 1.30 bits per heavy atom. The van der Waals surface area contributed by atoms with Crippen molar-refractivity contribution < 1.29 is 9.72 Å². The number of Topliss-reactive ketones (excluding diaryl/α,β-unsaturated/α-hetero) is 1. The van der Waals surface area contributed by atoms with Crippen LogP contribution in [-0.2, 0) is 4.79 Å². The molecule has 2 aromatic rings. The first-order valence-corrected chi connectivity index (χ1v) is 10.7. The third kappa shape index (κ3) is 3.54. The average molecular weight is 426 g/mol.